The summed E-state index contributed by atoms with van der Waals surface area (Å²) in [5, 5.41) is 3.15. The lowest BCUT2D eigenvalue weighted by Crippen LogP contribution is -2.38. The van der Waals surface area contributed by atoms with Crippen molar-refractivity contribution in [3.05, 3.63) is 83.9 Å². The van der Waals surface area contributed by atoms with E-state index >= 15 is 0 Å². The average Bonchev–Trinajstić information content (AvgIpc) is 3.18. The van der Waals surface area contributed by atoms with E-state index < -0.39 is 0 Å². The topological polar surface area (TPSA) is 38.8 Å². The highest BCUT2D eigenvalue weighted by Gasteiger charge is 2.38. The van der Waals surface area contributed by atoms with Gasteiger partial charge in [0.05, 0.1) is 17.4 Å². The van der Waals surface area contributed by atoms with E-state index in [0.29, 0.717) is 0 Å². The molecule has 0 saturated carbocycles. The van der Waals surface area contributed by atoms with Crippen LogP contribution in [0, 0.1) is 0 Å². The summed E-state index contributed by atoms with van der Waals surface area (Å²) in [6.45, 7) is 1.94. The van der Waals surface area contributed by atoms with Crippen LogP contribution in [0.4, 0.5) is 27.5 Å². The molecule has 0 fully saturated rings. The molecule has 0 bridgehead atoms. The van der Waals surface area contributed by atoms with Crippen LogP contribution < -0.4 is 15.1 Å². The van der Waals surface area contributed by atoms with E-state index in [0.717, 1.165) is 49.4 Å². The van der Waals surface area contributed by atoms with Gasteiger partial charge >= 0.3 is 6.03 Å². The van der Waals surface area contributed by atoms with Gasteiger partial charge in [0.15, 0.2) is 0 Å². The van der Waals surface area contributed by atoms with Gasteiger partial charge in [-0.25, -0.2) is 4.79 Å². The summed E-state index contributed by atoms with van der Waals surface area (Å²) in [5.74, 6) is 0. The zero-order valence-electron chi connectivity index (χ0n) is 19.2. The van der Waals surface area contributed by atoms with E-state index in [1.165, 1.54) is 16.8 Å². The molecule has 2 aliphatic heterocycles. The minimum atomic E-state index is -0.0859. The third-order valence-corrected chi connectivity index (χ3v) is 6.45. The van der Waals surface area contributed by atoms with Gasteiger partial charge in [0, 0.05) is 17.9 Å². The summed E-state index contributed by atoms with van der Waals surface area (Å²) in [6, 6.07) is 24.5. The van der Waals surface area contributed by atoms with Crippen LogP contribution in [0.1, 0.15) is 30.0 Å². The number of para-hydroxylation sites is 4. The first-order valence-electron chi connectivity index (χ1n) is 11.4. The second kappa shape index (κ2) is 9.86. The van der Waals surface area contributed by atoms with Gasteiger partial charge in [0.25, 0.3) is 0 Å². The van der Waals surface area contributed by atoms with Gasteiger partial charge in [0.1, 0.15) is 0 Å². The van der Waals surface area contributed by atoms with E-state index in [2.05, 4.69) is 65.6 Å². The molecular weight excluding hydrogens is 432 g/mol. The first-order valence-corrected chi connectivity index (χ1v) is 11.4. The van der Waals surface area contributed by atoms with Crippen molar-refractivity contribution in [2.24, 2.45) is 0 Å². The number of benzene rings is 3. The van der Waals surface area contributed by atoms with Crippen molar-refractivity contribution in [3.63, 3.8) is 0 Å². The van der Waals surface area contributed by atoms with Crippen molar-refractivity contribution >= 4 is 41.2 Å². The zero-order chi connectivity index (χ0) is 22.1. The molecule has 5 rings (SSSR count). The molecule has 0 aromatic heterocycles. The van der Waals surface area contributed by atoms with Gasteiger partial charge in [-0.05, 0) is 75.3 Å². The molecule has 1 N–H and O–H groups in total. The normalized spacial score (nSPS) is 16.0. The van der Waals surface area contributed by atoms with Crippen molar-refractivity contribution in [2.45, 2.75) is 25.3 Å². The fourth-order valence-corrected chi connectivity index (χ4v) is 5.04. The number of halogens is 1. The Hall–Kier alpha value is -3.02. The molecule has 33 heavy (non-hydrogen) atoms. The monoisotopic (exact) mass is 462 g/mol. The first kappa shape index (κ1) is 23.1. The molecule has 5 nitrogen and oxygen atoms in total. The molecule has 6 heteroatoms. The Morgan fingerprint density at radius 3 is 2.45 bits per heavy atom. The standard InChI is InChI=1S/C27H30N4O.ClH/c1-29(2)18-9-16-23-22-13-8-10-20-17-19-30(26(20)22)24-14-6-7-15-25(24)31(23)27(32)28-21-11-4-3-5-12-21;/h3-8,10-15,23H,9,16-19H2,1-2H3,(H,28,32);1H. The molecule has 0 spiro atoms. The number of carbonyl (C=O) groups excluding carboxylic acids is 1. The Balaban J connectivity index is 0.00000259. The molecule has 2 amide bonds. The lowest BCUT2D eigenvalue weighted by Gasteiger charge is -2.32. The van der Waals surface area contributed by atoms with Crippen molar-refractivity contribution in [1.82, 2.24) is 4.90 Å². The number of hydrogen-bond acceptors (Lipinski definition) is 3. The van der Waals surface area contributed by atoms with Gasteiger partial charge < -0.3 is 15.1 Å². The Labute approximate surface area is 202 Å². The van der Waals surface area contributed by atoms with Gasteiger partial charge in [-0.2, -0.15) is 0 Å². The molecule has 3 aromatic carbocycles. The quantitative estimate of drug-likeness (QED) is 0.488. The lowest BCUT2D eigenvalue weighted by atomic mass is 9.96. The average molecular weight is 463 g/mol. The SMILES string of the molecule is CN(C)CCCC1c2cccc3c2N(CC3)c2ccccc2N1C(=O)Nc1ccccc1.Cl. The van der Waals surface area contributed by atoms with Gasteiger partial charge in [-0.15, -0.1) is 12.4 Å². The zero-order valence-corrected chi connectivity index (χ0v) is 20.0. The Kier molecular flexibility index (Phi) is 6.91. The second-order valence-electron chi connectivity index (χ2n) is 8.87. The number of nitrogens with zero attached hydrogens (tertiary/aromatic N) is 3. The number of carbonyl (C=O) groups is 1. The van der Waals surface area contributed by atoms with Gasteiger partial charge in [-0.3, -0.25) is 4.90 Å². The summed E-state index contributed by atoms with van der Waals surface area (Å²) in [7, 11) is 4.20. The van der Waals surface area contributed by atoms with Gasteiger partial charge in [0.2, 0.25) is 0 Å². The van der Waals surface area contributed by atoms with Crippen LogP contribution >= 0.6 is 12.4 Å². The molecule has 0 saturated heterocycles. The van der Waals surface area contributed by atoms with Crippen LogP contribution in [0.25, 0.3) is 0 Å². The van der Waals surface area contributed by atoms with Crippen molar-refractivity contribution in [2.75, 3.05) is 42.3 Å². The summed E-state index contributed by atoms with van der Waals surface area (Å²) in [6.07, 6.45) is 2.95. The largest absolute Gasteiger partial charge is 0.339 e. The number of hydrogen-bond donors (Lipinski definition) is 1. The molecule has 1 unspecified atom stereocenters. The van der Waals surface area contributed by atoms with E-state index in [-0.39, 0.29) is 24.5 Å². The van der Waals surface area contributed by atoms with Crippen molar-refractivity contribution in [1.29, 1.82) is 0 Å². The van der Waals surface area contributed by atoms with E-state index in [1.807, 2.05) is 41.3 Å². The van der Waals surface area contributed by atoms with Crippen LogP contribution in [0.5, 0.6) is 0 Å². The Morgan fingerprint density at radius 1 is 0.970 bits per heavy atom. The summed E-state index contributed by atoms with van der Waals surface area (Å²) in [4.78, 5) is 20.4. The highest BCUT2D eigenvalue weighted by atomic mass is 35.5. The molecule has 0 aliphatic carbocycles. The van der Waals surface area contributed by atoms with Crippen molar-refractivity contribution in [3.8, 4) is 0 Å². The molecule has 2 heterocycles. The molecular formula is C27H31ClN4O. The Morgan fingerprint density at radius 2 is 1.70 bits per heavy atom. The summed E-state index contributed by atoms with van der Waals surface area (Å²) >= 11 is 0. The number of fused-ring (bicyclic) bond motifs is 2. The highest BCUT2D eigenvalue weighted by Crippen LogP contribution is 2.50. The van der Waals surface area contributed by atoms with Crippen LogP contribution in [0.2, 0.25) is 0 Å². The van der Waals surface area contributed by atoms with Crippen molar-refractivity contribution < 1.29 is 4.79 Å². The van der Waals surface area contributed by atoms with E-state index in [9.17, 15) is 4.79 Å². The maximum Gasteiger partial charge on any atom is 0.326 e. The van der Waals surface area contributed by atoms with Crippen LogP contribution in [0.15, 0.2) is 72.8 Å². The van der Waals surface area contributed by atoms with Crippen LogP contribution in [0.3, 0.4) is 0 Å². The van der Waals surface area contributed by atoms with Crippen LogP contribution in [-0.4, -0.2) is 38.1 Å². The Bertz CT molecular complexity index is 1120. The number of anilines is 4. The number of rotatable bonds is 5. The minimum Gasteiger partial charge on any atom is -0.339 e. The van der Waals surface area contributed by atoms with Crippen LogP contribution in [-0.2, 0) is 6.42 Å². The predicted molar refractivity (Wildman–Crippen MR) is 139 cm³/mol. The molecule has 1 atom stereocenters. The van der Waals surface area contributed by atoms with E-state index in [4.69, 9.17) is 0 Å². The number of nitrogens with one attached hydrogen (secondary N) is 1. The fraction of sp³-hybridized carbons (Fsp3) is 0.296. The predicted octanol–water partition coefficient (Wildman–Crippen LogP) is 6.24. The molecule has 2 aliphatic rings. The maximum absolute atomic E-state index is 13.8. The second-order valence-corrected chi connectivity index (χ2v) is 8.87. The summed E-state index contributed by atoms with van der Waals surface area (Å²) < 4.78 is 0. The first-order chi connectivity index (χ1) is 15.6. The molecule has 172 valence electrons. The summed E-state index contributed by atoms with van der Waals surface area (Å²) in [5.41, 5.74) is 6.81. The van der Waals surface area contributed by atoms with E-state index in [1.54, 1.807) is 0 Å². The highest BCUT2D eigenvalue weighted by molar-refractivity contribution is 6.06. The third kappa shape index (κ3) is 4.43. The molecule has 0 radical (unpaired) electrons. The smallest absolute Gasteiger partial charge is 0.326 e. The van der Waals surface area contributed by atoms with Gasteiger partial charge in [-0.1, -0.05) is 48.5 Å². The number of amides is 2. The fourth-order valence-electron chi connectivity index (χ4n) is 5.04. The lowest BCUT2D eigenvalue weighted by molar-refractivity contribution is 0.254. The third-order valence-electron chi connectivity index (χ3n) is 6.45. The molecule has 3 aromatic rings. The minimum absolute atomic E-state index is 0. The number of urea groups is 1. The maximum atomic E-state index is 13.8.